The van der Waals surface area contributed by atoms with Crippen molar-refractivity contribution in [3.05, 3.63) is 114 Å². The molecule has 0 spiro atoms. The first-order valence-corrected chi connectivity index (χ1v) is 10.1. The van der Waals surface area contributed by atoms with E-state index in [1.807, 2.05) is 72.8 Å². The maximum atomic E-state index is 14.5. The molecule has 30 heavy (non-hydrogen) atoms. The summed E-state index contributed by atoms with van der Waals surface area (Å²) in [6.07, 6.45) is 4.06. The third-order valence-corrected chi connectivity index (χ3v) is 6.16. The summed E-state index contributed by atoms with van der Waals surface area (Å²) in [6.45, 7) is 0. The second-order valence-electron chi connectivity index (χ2n) is 7.77. The van der Waals surface area contributed by atoms with E-state index in [9.17, 15) is 14.0 Å². The van der Waals surface area contributed by atoms with Crippen LogP contribution in [0.5, 0.6) is 0 Å². The normalized spacial score (nSPS) is 25.4. The van der Waals surface area contributed by atoms with Crippen molar-refractivity contribution in [1.29, 1.82) is 0 Å². The van der Waals surface area contributed by atoms with E-state index in [0.29, 0.717) is 0 Å². The number of rotatable bonds is 3. The van der Waals surface area contributed by atoms with Gasteiger partial charge in [0.2, 0.25) is 11.8 Å². The first-order chi connectivity index (χ1) is 14.7. The Balaban J connectivity index is 1.65. The van der Waals surface area contributed by atoms with Crippen molar-refractivity contribution in [3.8, 4) is 0 Å². The Labute approximate surface area is 174 Å². The molecular formula is C26H20FNO2. The fourth-order valence-electron chi connectivity index (χ4n) is 4.80. The molecule has 1 heterocycles. The van der Waals surface area contributed by atoms with Gasteiger partial charge in [0.15, 0.2) is 0 Å². The molecule has 2 amide bonds. The number of hydrogen-bond donors (Lipinski definition) is 0. The first kappa shape index (κ1) is 18.5. The molecule has 1 fully saturated rings. The van der Waals surface area contributed by atoms with Gasteiger partial charge in [0, 0.05) is 11.8 Å². The zero-order chi connectivity index (χ0) is 20.7. The molecule has 0 bridgehead atoms. The molecule has 5 rings (SSSR count). The summed E-state index contributed by atoms with van der Waals surface area (Å²) in [7, 11) is 0. The van der Waals surface area contributed by atoms with E-state index in [4.69, 9.17) is 0 Å². The molecule has 3 aromatic carbocycles. The molecule has 2 aliphatic rings. The van der Waals surface area contributed by atoms with Gasteiger partial charge in [0.1, 0.15) is 5.82 Å². The Hall–Kier alpha value is -3.53. The highest BCUT2D eigenvalue weighted by Gasteiger charge is 2.55. The summed E-state index contributed by atoms with van der Waals surface area (Å²) < 4.78 is 14.5. The minimum absolute atomic E-state index is 0.0283. The average Bonchev–Trinajstić information content (AvgIpc) is 3.06. The van der Waals surface area contributed by atoms with Gasteiger partial charge in [0.25, 0.3) is 0 Å². The highest BCUT2D eigenvalue weighted by molar-refractivity contribution is 6.23. The lowest BCUT2D eigenvalue weighted by Gasteiger charge is -2.32. The third kappa shape index (κ3) is 2.88. The van der Waals surface area contributed by atoms with Gasteiger partial charge in [-0.25, -0.2) is 9.29 Å². The molecule has 4 atom stereocenters. The first-order valence-electron chi connectivity index (χ1n) is 10.1. The second-order valence-corrected chi connectivity index (χ2v) is 7.77. The molecule has 0 saturated carbocycles. The van der Waals surface area contributed by atoms with Crippen LogP contribution in [0.1, 0.15) is 23.0 Å². The lowest BCUT2D eigenvalue weighted by Crippen LogP contribution is -2.32. The van der Waals surface area contributed by atoms with E-state index in [1.54, 1.807) is 12.1 Å². The van der Waals surface area contributed by atoms with Crippen LogP contribution in [0.15, 0.2) is 97.1 Å². The van der Waals surface area contributed by atoms with Crippen molar-refractivity contribution < 1.29 is 14.0 Å². The molecule has 0 unspecified atom stereocenters. The predicted molar refractivity (Wildman–Crippen MR) is 113 cm³/mol. The van der Waals surface area contributed by atoms with Gasteiger partial charge in [-0.15, -0.1) is 0 Å². The van der Waals surface area contributed by atoms with Crippen molar-refractivity contribution in [2.75, 3.05) is 4.90 Å². The molecule has 0 radical (unpaired) electrons. The van der Waals surface area contributed by atoms with Gasteiger partial charge in [0.05, 0.1) is 17.5 Å². The number of para-hydroxylation sites is 1. The number of anilines is 1. The van der Waals surface area contributed by atoms with E-state index in [2.05, 4.69) is 0 Å². The lowest BCUT2D eigenvalue weighted by atomic mass is 9.68. The lowest BCUT2D eigenvalue weighted by molar-refractivity contribution is -0.122. The summed E-state index contributed by atoms with van der Waals surface area (Å²) in [6, 6.07) is 25.4. The van der Waals surface area contributed by atoms with Gasteiger partial charge in [-0.2, -0.15) is 0 Å². The molecule has 0 aromatic heterocycles. The Morgan fingerprint density at radius 1 is 0.600 bits per heavy atom. The topological polar surface area (TPSA) is 37.4 Å². The van der Waals surface area contributed by atoms with Crippen molar-refractivity contribution >= 4 is 17.5 Å². The Morgan fingerprint density at radius 2 is 1.03 bits per heavy atom. The molecule has 1 aliphatic carbocycles. The molecular weight excluding hydrogens is 377 g/mol. The van der Waals surface area contributed by atoms with Crippen LogP contribution in [0, 0.1) is 17.7 Å². The molecule has 0 N–H and O–H groups in total. The van der Waals surface area contributed by atoms with Crippen LogP contribution in [0.25, 0.3) is 0 Å². The monoisotopic (exact) mass is 397 g/mol. The molecule has 1 saturated heterocycles. The summed E-state index contributed by atoms with van der Waals surface area (Å²) in [5.41, 5.74) is 1.99. The van der Waals surface area contributed by atoms with Crippen molar-refractivity contribution in [1.82, 2.24) is 0 Å². The molecule has 3 nitrogen and oxygen atoms in total. The Bertz CT molecular complexity index is 1060. The highest BCUT2D eigenvalue weighted by Crippen LogP contribution is 2.50. The van der Waals surface area contributed by atoms with Crippen molar-refractivity contribution in [3.63, 3.8) is 0 Å². The summed E-state index contributed by atoms with van der Waals surface area (Å²) in [5, 5.41) is 0. The van der Waals surface area contributed by atoms with Gasteiger partial charge >= 0.3 is 0 Å². The fraction of sp³-hybridized carbons (Fsp3) is 0.154. The third-order valence-electron chi connectivity index (χ3n) is 6.16. The number of carbonyl (C=O) groups excluding carboxylic acids is 2. The van der Waals surface area contributed by atoms with Crippen molar-refractivity contribution in [2.24, 2.45) is 11.8 Å². The van der Waals surface area contributed by atoms with Crippen LogP contribution in [0.4, 0.5) is 10.1 Å². The molecule has 3 aromatic rings. The van der Waals surface area contributed by atoms with Gasteiger partial charge in [-0.3, -0.25) is 9.59 Å². The largest absolute Gasteiger partial charge is 0.274 e. The Morgan fingerprint density at radius 3 is 1.50 bits per heavy atom. The number of nitrogens with zero attached hydrogens (tertiary/aromatic N) is 1. The maximum Gasteiger partial charge on any atom is 0.238 e. The molecule has 148 valence electrons. The molecule has 1 aliphatic heterocycles. The van der Waals surface area contributed by atoms with Crippen LogP contribution in [-0.2, 0) is 9.59 Å². The van der Waals surface area contributed by atoms with Crippen LogP contribution in [0.3, 0.4) is 0 Å². The van der Waals surface area contributed by atoms with Crippen LogP contribution in [-0.4, -0.2) is 11.8 Å². The van der Waals surface area contributed by atoms with E-state index < -0.39 is 17.7 Å². The Kier molecular flexibility index (Phi) is 4.55. The quantitative estimate of drug-likeness (QED) is 0.457. The van der Waals surface area contributed by atoms with Gasteiger partial charge < -0.3 is 0 Å². The number of amides is 2. The van der Waals surface area contributed by atoms with Crippen LogP contribution in [0.2, 0.25) is 0 Å². The SMILES string of the molecule is O=C1[C@@H]2[C@H](C(=O)N1c1ccccc1F)[C@@H](c1ccccc1)C=C[C@H]2c1ccccc1. The number of hydrogen-bond acceptors (Lipinski definition) is 2. The number of benzene rings is 3. The number of fused-ring (bicyclic) bond motifs is 1. The highest BCUT2D eigenvalue weighted by atomic mass is 19.1. The average molecular weight is 397 g/mol. The fourth-order valence-corrected chi connectivity index (χ4v) is 4.80. The zero-order valence-corrected chi connectivity index (χ0v) is 16.2. The van der Waals surface area contributed by atoms with Crippen LogP contribution >= 0.6 is 0 Å². The number of halogens is 1. The van der Waals surface area contributed by atoms with Crippen LogP contribution < -0.4 is 4.90 Å². The van der Waals surface area contributed by atoms with E-state index >= 15 is 0 Å². The minimum atomic E-state index is -0.574. The summed E-state index contributed by atoms with van der Waals surface area (Å²) in [5.74, 6) is -2.86. The van der Waals surface area contributed by atoms with E-state index in [-0.39, 0.29) is 29.3 Å². The molecule has 4 heteroatoms. The van der Waals surface area contributed by atoms with Gasteiger partial charge in [-0.1, -0.05) is 84.9 Å². The second kappa shape index (κ2) is 7.38. The van der Waals surface area contributed by atoms with E-state index in [0.717, 1.165) is 16.0 Å². The smallest absolute Gasteiger partial charge is 0.238 e. The van der Waals surface area contributed by atoms with E-state index in [1.165, 1.54) is 12.1 Å². The number of allylic oxidation sites excluding steroid dienone is 2. The number of carbonyl (C=O) groups is 2. The van der Waals surface area contributed by atoms with Gasteiger partial charge in [-0.05, 0) is 23.3 Å². The maximum absolute atomic E-state index is 14.5. The predicted octanol–water partition coefficient (Wildman–Crippen LogP) is 5.07. The number of imide groups is 1. The standard InChI is InChI=1S/C26H20FNO2/c27-21-13-7-8-14-22(21)28-25(29)23-19(17-9-3-1-4-10-17)15-16-20(24(23)26(28)30)18-11-5-2-6-12-18/h1-16,19-20,23-24H/t19-,20+,23-,24+. The summed E-state index contributed by atoms with van der Waals surface area (Å²) in [4.78, 5) is 28.2. The summed E-state index contributed by atoms with van der Waals surface area (Å²) >= 11 is 0. The van der Waals surface area contributed by atoms with Crippen molar-refractivity contribution in [2.45, 2.75) is 11.8 Å². The zero-order valence-electron chi connectivity index (χ0n) is 16.2. The minimum Gasteiger partial charge on any atom is -0.274 e.